The Morgan fingerprint density at radius 3 is 2.14 bits per heavy atom. The van der Waals surface area contributed by atoms with Crippen molar-refractivity contribution in [2.45, 2.75) is 20.8 Å². The van der Waals surface area contributed by atoms with Crippen molar-refractivity contribution in [3.63, 3.8) is 0 Å². The monoisotopic (exact) mass is 326 g/mol. The number of aromatic carboxylic acids is 1. The molecule has 112 valence electrons. The van der Waals surface area contributed by atoms with E-state index in [0.29, 0.717) is 11.3 Å². The summed E-state index contributed by atoms with van der Waals surface area (Å²) < 4.78 is 0. The largest absolute Gasteiger partial charge is 0.476 e. The summed E-state index contributed by atoms with van der Waals surface area (Å²) in [5, 5.41) is 9.06. The molecule has 4 nitrogen and oxygen atoms in total. The molecule has 1 heterocycles. The number of nitrogens with zero attached hydrogens (tertiary/aromatic N) is 1. The van der Waals surface area contributed by atoms with Crippen LogP contribution in [0.4, 0.5) is 5.69 Å². The third-order valence-corrected chi connectivity index (χ3v) is 3.41. The summed E-state index contributed by atoms with van der Waals surface area (Å²) in [5.74, 6) is -1.25. The molecule has 6 heteroatoms. The van der Waals surface area contributed by atoms with E-state index in [0.717, 1.165) is 5.56 Å². The van der Waals surface area contributed by atoms with Gasteiger partial charge in [0.1, 0.15) is 0 Å². The van der Waals surface area contributed by atoms with Gasteiger partial charge in [0.2, 0.25) is 0 Å². The first-order chi connectivity index (χ1) is 9.91. The minimum Gasteiger partial charge on any atom is -0.476 e. The SMILES string of the molecule is CC.Cc1ccc(-c2nc(C(=O)O)c(Cl)c(N)c2Cl)cc1. The van der Waals surface area contributed by atoms with Crippen LogP contribution in [0.5, 0.6) is 0 Å². The number of carboxylic acids is 1. The number of benzene rings is 1. The highest BCUT2D eigenvalue weighted by Gasteiger charge is 2.20. The van der Waals surface area contributed by atoms with E-state index in [2.05, 4.69) is 4.98 Å². The molecular weight excluding hydrogens is 311 g/mol. The fourth-order valence-corrected chi connectivity index (χ4v) is 2.12. The lowest BCUT2D eigenvalue weighted by atomic mass is 10.1. The van der Waals surface area contributed by atoms with E-state index in [-0.39, 0.29) is 21.4 Å². The van der Waals surface area contributed by atoms with Gasteiger partial charge in [-0.1, -0.05) is 66.9 Å². The maximum atomic E-state index is 11.1. The average Bonchev–Trinajstić information content (AvgIpc) is 2.48. The second-order valence-electron chi connectivity index (χ2n) is 4.02. The Morgan fingerprint density at radius 2 is 1.67 bits per heavy atom. The van der Waals surface area contributed by atoms with E-state index < -0.39 is 5.97 Å². The van der Waals surface area contributed by atoms with Crippen molar-refractivity contribution in [1.29, 1.82) is 0 Å². The average molecular weight is 327 g/mol. The molecule has 0 aliphatic heterocycles. The van der Waals surface area contributed by atoms with Crippen molar-refractivity contribution in [2.75, 3.05) is 5.73 Å². The van der Waals surface area contributed by atoms with Gasteiger partial charge >= 0.3 is 5.97 Å². The van der Waals surface area contributed by atoms with Crippen molar-refractivity contribution in [3.8, 4) is 11.3 Å². The van der Waals surface area contributed by atoms with Gasteiger partial charge in [-0.25, -0.2) is 9.78 Å². The van der Waals surface area contributed by atoms with Gasteiger partial charge in [0, 0.05) is 5.56 Å². The quantitative estimate of drug-likeness (QED) is 0.840. The molecule has 0 spiro atoms. The molecule has 0 saturated carbocycles. The Labute approximate surface area is 133 Å². The number of halogens is 2. The van der Waals surface area contributed by atoms with Crippen LogP contribution >= 0.6 is 23.2 Å². The number of anilines is 1. The zero-order chi connectivity index (χ0) is 16.2. The lowest BCUT2D eigenvalue weighted by Crippen LogP contribution is -2.06. The molecule has 2 rings (SSSR count). The molecule has 0 aliphatic carbocycles. The molecule has 0 unspecified atom stereocenters. The van der Waals surface area contributed by atoms with Gasteiger partial charge < -0.3 is 10.8 Å². The molecule has 21 heavy (non-hydrogen) atoms. The van der Waals surface area contributed by atoms with Gasteiger partial charge in [0.15, 0.2) is 5.69 Å². The highest BCUT2D eigenvalue weighted by atomic mass is 35.5. The molecular formula is C15H16Cl2N2O2. The highest BCUT2D eigenvalue weighted by Crippen LogP contribution is 2.36. The second-order valence-corrected chi connectivity index (χ2v) is 4.78. The van der Waals surface area contributed by atoms with Crippen molar-refractivity contribution in [1.82, 2.24) is 4.98 Å². The number of hydrogen-bond donors (Lipinski definition) is 2. The standard InChI is InChI=1S/C13H10Cl2N2O2.C2H6/c1-6-2-4-7(5-3-6)11-8(14)10(16)9(15)12(17-11)13(18)19;1-2/h2-5H,1H3,(H2,16,17)(H,18,19);1-2H3. The zero-order valence-corrected chi connectivity index (χ0v) is 13.5. The number of aromatic nitrogens is 1. The van der Waals surface area contributed by atoms with Crippen LogP contribution < -0.4 is 5.73 Å². The van der Waals surface area contributed by atoms with Crippen molar-refractivity contribution in [3.05, 3.63) is 45.6 Å². The molecule has 0 fully saturated rings. The van der Waals surface area contributed by atoms with Gasteiger partial charge in [0.25, 0.3) is 0 Å². The van der Waals surface area contributed by atoms with E-state index in [9.17, 15) is 4.79 Å². The van der Waals surface area contributed by atoms with Crippen LogP contribution in [0.2, 0.25) is 10.0 Å². The molecule has 0 amide bonds. The van der Waals surface area contributed by atoms with Crippen LogP contribution in [-0.4, -0.2) is 16.1 Å². The van der Waals surface area contributed by atoms with Crippen LogP contribution in [-0.2, 0) is 0 Å². The first-order valence-corrected chi connectivity index (χ1v) is 7.12. The lowest BCUT2D eigenvalue weighted by Gasteiger charge is -2.10. The third kappa shape index (κ3) is 3.65. The first kappa shape index (κ1) is 17.3. The van der Waals surface area contributed by atoms with Gasteiger partial charge in [-0.15, -0.1) is 0 Å². The van der Waals surface area contributed by atoms with Crippen molar-refractivity contribution in [2.24, 2.45) is 0 Å². The molecule has 3 N–H and O–H groups in total. The van der Waals surface area contributed by atoms with E-state index in [1.165, 1.54) is 0 Å². The zero-order valence-electron chi connectivity index (χ0n) is 11.9. The number of nitrogen functional groups attached to an aromatic ring is 1. The second kappa shape index (κ2) is 7.29. The maximum absolute atomic E-state index is 11.1. The summed E-state index contributed by atoms with van der Waals surface area (Å²) in [6.07, 6.45) is 0. The van der Waals surface area contributed by atoms with E-state index in [1.54, 1.807) is 12.1 Å². The van der Waals surface area contributed by atoms with Gasteiger partial charge in [-0.2, -0.15) is 0 Å². The third-order valence-electron chi connectivity index (χ3n) is 2.64. The summed E-state index contributed by atoms with van der Waals surface area (Å²) in [7, 11) is 0. The number of pyridine rings is 1. The normalized spacial score (nSPS) is 9.76. The lowest BCUT2D eigenvalue weighted by molar-refractivity contribution is 0.0691. The molecule has 0 aliphatic rings. The fourth-order valence-electron chi connectivity index (χ4n) is 1.61. The summed E-state index contributed by atoms with van der Waals surface area (Å²) >= 11 is 11.9. The first-order valence-electron chi connectivity index (χ1n) is 6.36. The predicted molar refractivity (Wildman–Crippen MR) is 87.1 cm³/mol. The molecule has 0 saturated heterocycles. The molecule has 2 aromatic rings. The van der Waals surface area contributed by atoms with Crippen LogP contribution in [0.15, 0.2) is 24.3 Å². The van der Waals surface area contributed by atoms with E-state index in [1.807, 2.05) is 32.9 Å². The Balaban J connectivity index is 0.00000106. The predicted octanol–water partition coefficient (Wildman–Crippen LogP) is 4.67. The number of hydrogen-bond acceptors (Lipinski definition) is 3. The highest BCUT2D eigenvalue weighted by molar-refractivity contribution is 6.41. The number of carbonyl (C=O) groups is 1. The molecule has 0 radical (unpaired) electrons. The summed E-state index contributed by atoms with van der Waals surface area (Å²) in [6.45, 7) is 5.94. The van der Waals surface area contributed by atoms with Gasteiger partial charge in [0.05, 0.1) is 21.4 Å². The van der Waals surface area contributed by atoms with Crippen LogP contribution in [0, 0.1) is 6.92 Å². The Hall–Kier alpha value is -1.78. The van der Waals surface area contributed by atoms with Crippen molar-refractivity contribution >= 4 is 34.9 Å². The van der Waals surface area contributed by atoms with Crippen LogP contribution in [0.25, 0.3) is 11.3 Å². The minimum absolute atomic E-state index is 0.0197. The topological polar surface area (TPSA) is 76.2 Å². The summed E-state index contributed by atoms with van der Waals surface area (Å²) in [5.41, 5.74) is 7.49. The van der Waals surface area contributed by atoms with Crippen molar-refractivity contribution < 1.29 is 9.90 Å². The summed E-state index contributed by atoms with van der Waals surface area (Å²) in [4.78, 5) is 15.1. The number of aryl methyl sites for hydroxylation is 1. The Bertz CT molecular complexity index is 656. The van der Waals surface area contributed by atoms with E-state index in [4.69, 9.17) is 34.0 Å². The van der Waals surface area contributed by atoms with Gasteiger partial charge in [-0.3, -0.25) is 0 Å². The molecule has 1 aromatic heterocycles. The molecule has 0 atom stereocenters. The van der Waals surface area contributed by atoms with Gasteiger partial charge in [-0.05, 0) is 6.92 Å². The minimum atomic E-state index is -1.25. The fraction of sp³-hybridized carbons (Fsp3) is 0.200. The number of rotatable bonds is 2. The number of carboxylic acid groups (broad SMARTS) is 1. The Morgan fingerprint density at radius 1 is 1.14 bits per heavy atom. The summed E-state index contributed by atoms with van der Waals surface area (Å²) in [6, 6.07) is 7.34. The smallest absolute Gasteiger partial charge is 0.356 e. The van der Waals surface area contributed by atoms with Crippen LogP contribution in [0.1, 0.15) is 29.9 Å². The number of nitrogens with two attached hydrogens (primary N) is 1. The molecule has 0 bridgehead atoms. The Kier molecular flexibility index (Phi) is 6.00. The van der Waals surface area contributed by atoms with E-state index >= 15 is 0 Å². The van der Waals surface area contributed by atoms with Crippen LogP contribution in [0.3, 0.4) is 0 Å². The maximum Gasteiger partial charge on any atom is 0.356 e. The molecule has 1 aromatic carbocycles.